The predicted molar refractivity (Wildman–Crippen MR) is 88.6 cm³/mol. The van der Waals surface area contributed by atoms with Crippen molar-refractivity contribution in [1.29, 1.82) is 0 Å². The van der Waals surface area contributed by atoms with Gasteiger partial charge in [-0.2, -0.15) is 0 Å². The molecule has 2 amide bonds. The molecule has 2 saturated heterocycles. The van der Waals surface area contributed by atoms with E-state index in [9.17, 15) is 14.0 Å². The molecule has 0 radical (unpaired) electrons. The third kappa shape index (κ3) is 3.76. The Hall–Kier alpha value is -1.37. The summed E-state index contributed by atoms with van der Waals surface area (Å²) in [4.78, 5) is 25.9. The molecule has 0 bridgehead atoms. The predicted octanol–water partition coefficient (Wildman–Crippen LogP) is 1.87. The maximum atomic E-state index is 13.5. The van der Waals surface area contributed by atoms with Gasteiger partial charge in [0.15, 0.2) is 0 Å². The van der Waals surface area contributed by atoms with Crippen LogP contribution in [0.3, 0.4) is 0 Å². The Morgan fingerprint density at radius 2 is 2.17 bits per heavy atom. The summed E-state index contributed by atoms with van der Waals surface area (Å²) in [6.07, 6.45) is 2.27. The number of hydrogen-bond donors (Lipinski definition) is 2. The van der Waals surface area contributed by atoms with Gasteiger partial charge in [-0.25, -0.2) is 4.39 Å². The molecule has 0 aromatic heterocycles. The third-order valence-corrected chi connectivity index (χ3v) is 4.42. The van der Waals surface area contributed by atoms with Gasteiger partial charge in [0.25, 0.3) is 0 Å². The highest BCUT2D eigenvalue weighted by Crippen LogP contribution is 2.25. The minimum atomic E-state index is -0.561. The second kappa shape index (κ2) is 7.47. The van der Waals surface area contributed by atoms with Gasteiger partial charge in [0, 0.05) is 12.2 Å². The quantitative estimate of drug-likeness (QED) is 0.863. The summed E-state index contributed by atoms with van der Waals surface area (Å²) >= 11 is 5.65. The van der Waals surface area contributed by atoms with Crippen molar-refractivity contribution in [2.24, 2.45) is 0 Å². The Bertz CT molecular complexity index is 608. The number of nitrogens with zero attached hydrogens (tertiary/aromatic N) is 1. The summed E-state index contributed by atoms with van der Waals surface area (Å²) in [6.45, 7) is 1.27. The molecule has 3 rings (SSSR count). The fourth-order valence-corrected chi connectivity index (χ4v) is 3.02. The molecule has 2 heterocycles. The molecule has 2 fully saturated rings. The molecule has 0 spiro atoms. The molecule has 2 atom stereocenters. The van der Waals surface area contributed by atoms with Gasteiger partial charge in [0.2, 0.25) is 11.8 Å². The molecule has 2 aliphatic rings. The van der Waals surface area contributed by atoms with Gasteiger partial charge in [0.05, 0.1) is 11.1 Å². The van der Waals surface area contributed by atoms with Gasteiger partial charge in [-0.3, -0.25) is 9.59 Å². The summed E-state index contributed by atoms with van der Waals surface area (Å²) in [6, 6.07) is 3.51. The van der Waals surface area contributed by atoms with E-state index >= 15 is 0 Å². The number of rotatable bonds is 3. The molecule has 5 nitrogen and oxygen atoms in total. The van der Waals surface area contributed by atoms with E-state index in [1.807, 2.05) is 0 Å². The van der Waals surface area contributed by atoms with Gasteiger partial charge in [-0.15, -0.1) is 12.4 Å². The second-order valence-corrected chi connectivity index (χ2v) is 5.99. The zero-order valence-corrected chi connectivity index (χ0v) is 13.9. The average Bonchev–Trinajstić information content (AvgIpc) is 3.13. The lowest BCUT2D eigenvalue weighted by atomic mass is 10.2. The third-order valence-electron chi connectivity index (χ3n) is 4.11. The lowest BCUT2D eigenvalue weighted by Crippen LogP contribution is -2.48. The summed E-state index contributed by atoms with van der Waals surface area (Å²) in [7, 11) is 0. The highest BCUT2D eigenvalue weighted by molar-refractivity contribution is 6.30. The number of anilines is 1. The topological polar surface area (TPSA) is 61.4 Å². The van der Waals surface area contributed by atoms with E-state index in [-0.39, 0.29) is 35.3 Å². The summed E-state index contributed by atoms with van der Waals surface area (Å²) in [5.41, 5.74) is 0.461. The lowest BCUT2D eigenvalue weighted by Gasteiger charge is -2.18. The monoisotopic (exact) mass is 361 g/mol. The van der Waals surface area contributed by atoms with Gasteiger partial charge >= 0.3 is 0 Å². The highest BCUT2D eigenvalue weighted by Gasteiger charge is 2.35. The first kappa shape index (κ1) is 18.0. The van der Waals surface area contributed by atoms with Gasteiger partial charge < -0.3 is 15.5 Å². The number of carbonyl (C=O) groups is 2. The van der Waals surface area contributed by atoms with Crippen LogP contribution >= 0.6 is 24.0 Å². The molecule has 8 heteroatoms. The molecule has 2 N–H and O–H groups in total. The minimum absolute atomic E-state index is 0. The zero-order chi connectivity index (χ0) is 15.7. The first-order chi connectivity index (χ1) is 10.6. The summed E-state index contributed by atoms with van der Waals surface area (Å²) < 4.78 is 13.5. The van der Waals surface area contributed by atoms with Crippen molar-refractivity contribution in [1.82, 2.24) is 10.6 Å². The van der Waals surface area contributed by atoms with Gasteiger partial charge in [0.1, 0.15) is 11.9 Å². The van der Waals surface area contributed by atoms with E-state index in [1.165, 1.54) is 17.0 Å². The van der Waals surface area contributed by atoms with Crippen LogP contribution < -0.4 is 15.5 Å². The molecule has 0 saturated carbocycles. The first-order valence-corrected chi connectivity index (χ1v) is 7.74. The van der Waals surface area contributed by atoms with Crippen LogP contribution in [-0.4, -0.2) is 37.0 Å². The standard InChI is InChI=1S/C15H17ClFN3O2.ClH/c16-10-4-3-9(8-11(10)17)20-7-5-13(15(20)22)19-14(21)12-2-1-6-18-12;/h3-4,8,12-13,18H,1-2,5-7H2,(H,19,21);1H. The van der Waals surface area contributed by atoms with Crippen molar-refractivity contribution < 1.29 is 14.0 Å². The number of halogens is 3. The van der Waals surface area contributed by atoms with Crippen molar-refractivity contribution in [3.8, 4) is 0 Å². The van der Waals surface area contributed by atoms with Crippen LogP contribution in [0.15, 0.2) is 18.2 Å². The molecule has 1 aromatic carbocycles. The van der Waals surface area contributed by atoms with Crippen LogP contribution in [0, 0.1) is 5.82 Å². The zero-order valence-electron chi connectivity index (χ0n) is 12.4. The minimum Gasteiger partial charge on any atom is -0.343 e. The van der Waals surface area contributed by atoms with Gasteiger partial charge in [-0.05, 0) is 44.0 Å². The maximum absolute atomic E-state index is 13.5. The largest absolute Gasteiger partial charge is 0.343 e. The SMILES string of the molecule is Cl.O=C(NC1CCN(c2ccc(Cl)c(F)c2)C1=O)C1CCCN1. The number of amides is 2. The Morgan fingerprint density at radius 3 is 2.83 bits per heavy atom. The van der Waals surface area contributed by atoms with Crippen molar-refractivity contribution in [3.05, 3.63) is 29.0 Å². The Balaban J connectivity index is 0.00000192. The van der Waals surface area contributed by atoms with Crippen molar-refractivity contribution in [2.45, 2.75) is 31.3 Å². The number of carbonyl (C=O) groups excluding carboxylic acids is 2. The summed E-state index contributed by atoms with van der Waals surface area (Å²) in [5.74, 6) is -0.914. The van der Waals surface area contributed by atoms with E-state index in [0.717, 1.165) is 19.4 Å². The number of hydrogen-bond acceptors (Lipinski definition) is 3. The van der Waals surface area contributed by atoms with Crippen molar-refractivity contribution >= 4 is 41.5 Å². The van der Waals surface area contributed by atoms with Crippen LogP contribution in [0.25, 0.3) is 0 Å². The van der Waals surface area contributed by atoms with E-state index < -0.39 is 11.9 Å². The van der Waals surface area contributed by atoms with Crippen molar-refractivity contribution in [3.63, 3.8) is 0 Å². The number of nitrogens with one attached hydrogen (secondary N) is 2. The fourth-order valence-electron chi connectivity index (χ4n) is 2.90. The smallest absolute Gasteiger partial charge is 0.249 e. The van der Waals surface area contributed by atoms with E-state index in [2.05, 4.69) is 10.6 Å². The molecule has 126 valence electrons. The van der Waals surface area contributed by atoms with Crippen LogP contribution in [-0.2, 0) is 9.59 Å². The van der Waals surface area contributed by atoms with Crippen molar-refractivity contribution in [2.75, 3.05) is 18.0 Å². The van der Waals surface area contributed by atoms with E-state index in [4.69, 9.17) is 11.6 Å². The Labute approximate surface area is 145 Å². The van der Waals surface area contributed by atoms with Crippen LogP contribution in [0.2, 0.25) is 5.02 Å². The average molecular weight is 362 g/mol. The Kier molecular flexibility index (Phi) is 5.84. The highest BCUT2D eigenvalue weighted by atomic mass is 35.5. The Morgan fingerprint density at radius 1 is 1.39 bits per heavy atom. The van der Waals surface area contributed by atoms with E-state index in [0.29, 0.717) is 18.7 Å². The maximum Gasteiger partial charge on any atom is 0.249 e. The first-order valence-electron chi connectivity index (χ1n) is 7.36. The molecular weight excluding hydrogens is 344 g/mol. The van der Waals surface area contributed by atoms with Crippen LogP contribution in [0.1, 0.15) is 19.3 Å². The fraction of sp³-hybridized carbons (Fsp3) is 0.467. The van der Waals surface area contributed by atoms with Crippen LogP contribution in [0.4, 0.5) is 10.1 Å². The van der Waals surface area contributed by atoms with E-state index in [1.54, 1.807) is 6.07 Å². The number of benzene rings is 1. The molecular formula is C15H18Cl2FN3O2. The second-order valence-electron chi connectivity index (χ2n) is 5.59. The normalized spacial score (nSPS) is 23.7. The molecule has 2 unspecified atom stereocenters. The molecule has 23 heavy (non-hydrogen) atoms. The molecule has 1 aromatic rings. The van der Waals surface area contributed by atoms with Gasteiger partial charge in [-0.1, -0.05) is 11.6 Å². The summed E-state index contributed by atoms with van der Waals surface area (Å²) in [5, 5.41) is 5.91. The molecule has 2 aliphatic heterocycles. The van der Waals surface area contributed by atoms with Crippen LogP contribution in [0.5, 0.6) is 0 Å². The molecule has 0 aliphatic carbocycles. The lowest BCUT2D eigenvalue weighted by molar-refractivity contribution is -0.127.